The Kier molecular flexibility index (Phi) is 5.07. The molecule has 0 bridgehead atoms. The Labute approximate surface area is 161 Å². The number of hydrogen-bond acceptors (Lipinski definition) is 5. The van der Waals surface area contributed by atoms with Crippen LogP contribution in [0.2, 0.25) is 0 Å². The molecule has 2 atom stereocenters. The van der Waals surface area contributed by atoms with Crippen LogP contribution in [0.3, 0.4) is 0 Å². The molecule has 6 heteroatoms. The predicted octanol–water partition coefficient (Wildman–Crippen LogP) is 3.87. The summed E-state index contributed by atoms with van der Waals surface area (Å²) in [5.74, 6) is 1.72. The van der Waals surface area contributed by atoms with Crippen molar-refractivity contribution >= 4 is 16.9 Å². The van der Waals surface area contributed by atoms with E-state index in [0.717, 1.165) is 47.7 Å². The van der Waals surface area contributed by atoms with Gasteiger partial charge in [0, 0.05) is 38.2 Å². The first kappa shape index (κ1) is 17.9. The van der Waals surface area contributed by atoms with E-state index < -0.39 is 0 Å². The second-order valence-electron chi connectivity index (χ2n) is 7.86. The average molecular weight is 367 g/mol. The molecule has 4 heterocycles. The van der Waals surface area contributed by atoms with Crippen molar-refractivity contribution in [3.8, 4) is 11.4 Å². The van der Waals surface area contributed by atoms with Crippen LogP contribution in [-0.2, 0) is 0 Å². The fourth-order valence-electron chi connectivity index (χ4n) is 3.98. The molecule has 6 nitrogen and oxygen atoms in total. The number of pyridine rings is 2. The number of rotatable bonds is 5. The highest BCUT2D eigenvalue weighted by Crippen LogP contribution is 2.26. The van der Waals surface area contributed by atoms with Crippen molar-refractivity contribution in [1.29, 1.82) is 0 Å². The maximum absolute atomic E-state index is 4.97. The van der Waals surface area contributed by atoms with Gasteiger partial charge in [-0.1, -0.05) is 26.8 Å². The van der Waals surface area contributed by atoms with E-state index in [1.54, 1.807) is 6.20 Å². The Bertz CT molecular complexity index is 909. The lowest BCUT2D eigenvalue weighted by Gasteiger charge is -2.40. The quantitative estimate of drug-likeness (QED) is 0.717. The van der Waals surface area contributed by atoms with Gasteiger partial charge in [0.05, 0.1) is 11.4 Å². The molecule has 1 aliphatic heterocycles. The zero-order valence-corrected chi connectivity index (χ0v) is 16.3. The minimum Gasteiger partial charge on any atom is -0.353 e. The molecule has 2 N–H and O–H groups in total. The molecule has 0 radical (unpaired) electrons. The summed E-state index contributed by atoms with van der Waals surface area (Å²) < 4.78 is 0. The van der Waals surface area contributed by atoms with Gasteiger partial charge in [-0.2, -0.15) is 5.10 Å². The second kappa shape index (κ2) is 7.64. The smallest absolute Gasteiger partial charge is 0.181 e. The molecule has 0 aliphatic carbocycles. The van der Waals surface area contributed by atoms with Crippen molar-refractivity contribution in [3.05, 3.63) is 36.5 Å². The first-order valence-corrected chi connectivity index (χ1v) is 9.91. The number of H-pyrrole nitrogens is 1. The molecule has 0 spiro atoms. The van der Waals surface area contributed by atoms with E-state index >= 15 is 0 Å². The first-order chi connectivity index (χ1) is 13.1. The Morgan fingerprint density at radius 1 is 1.19 bits per heavy atom. The van der Waals surface area contributed by atoms with Gasteiger partial charge in [-0.25, -0.2) is 9.97 Å². The minimum absolute atomic E-state index is 0. The van der Waals surface area contributed by atoms with Crippen LogP contribution in [0.25, 0.3) is 22.4 Å². The van der Waals surface area contributed by atoms with Crippen LogP contribution in [-0.4, -0.2) is 45.3 Å². The van der Waals surface area contributed by atoms with Crippen LogP contribution in [0.4, 0.5) is 5.82 Å². The summed E-state index contributed by atoms with van der Waals surface area (Å²) in [5.41, 5.74) is 2.57. The van der Waals surface area contributed by atoms with Crippen molar-refractivity contribution in [3.63, 3.8) is 0 Å². The van der Waals surface area contributed by atoms with Gasteiger partial charge in [-0.05, 0) is 43.0 Å². The monoisotopic (exact) mass is 366 g/mol. The predicted molar refractivity (Wildman–Crippen MR) is 112 cm³/mol. The molecular weight excluding hydrogens is 336 g/mol. The third-order valence-electron chi connectivity index (χ3n) is 5.25. The molecular formula is C21H30N6. The third-order valence-corrected chi connectivity index (χ3v) is 5.25. The highest BCUT2D eigenvalue weighted by molar-refractivity contribution is 5.89. The number of aromatic nitrogens is 4. The standard InChI is InChI=1S/C21H28N6.H2/c1-4-15-12-27(13-16(23-15)11-14(2)3)19-9-5-8-18(24-19)20-17-7-6-10-22-21(17)26-25-20;/h5-10,14-16,23H,4,11-13H2,1-3H3,(H,22,25,26);1H/t15-,16+;/m1./s1. The minimum atomic E-state index is 0. The summed E-state index contributed by atoms with van der Waals surface area (Å²) in [6.45, 7) is 8.82. The van der Waals surface area contributed by atoms with Gasteiger partial charge in [0.25, 0.3) is 0 Å². The summed E-state index contributed by atoms with van der Waals surface area (Å²) in [7, 11) is 0. The maximum Gasteiger partial charge on any atom is 0.181 e. The van der Waals surface area contributed by atoms with Gasteiger partial charge < -0.3 is 10.2 Å². The zero-order chi connectivity index (χ0) is 18.8. The van der Waals surface area contributed by atoms with E-state index in [1.807, 2.05) is 18.2 Å². The van der Waals surface area contributed by atoms with Crippen molar-refractivity contribution in [2.45, 2.75) is 45.7 Å². The van der Waals surface area contributed by atoms with Gasteiger partial charge in [0.2, 0.25) is 0 Å². The van der Waals surface area contributed by atoms with Gasteiger partial charge in [-0.15, -0.1) is 0 Å². The lowest BCUT2D eigenvalue weighted by Crippen LogP contribution is -2.57. The molecule has 1 saturated heterocycles. The van der Waals surface area contributed by atoms with E-state index in [9.17, 15) is 0 Å². The van der Waals surface area contributed by atoms with Crippen LogP contribution in [0.5, 0.6) is 0 Å². The van der Waals surface area contributed by atoms with Gasteiger partial charge in [0.1, 0.15) is 5.82 Å². The summed E-state index contributed by atoms with van der Waals surface area (Å²) >= 11 is 0. The highest BCUT2D eigenvalue weighted by Gasteiger charge is 2.27. The van der Waals surface area contributed by atoms with Gasteiger partial charge >= 0.3 is 0 Å². The Balaban J connectivity index is 0.00000225. The number of fused-ring (bicyclic) bond motifs is 1. The van der Waals surface area contributed by atoms with E-state index in [1.165, 1.54) is 6.42 Å². The van der Waals surface area contributed by atoms with E-state index in [0.29, 0.717) is 18.0 Å². The fourth-order valence-corrected chi connectivity index (χ4v) is 3.98. The van der Waals surface area contributed by atoms with Crippen molar-refractivity contribution in [2.24, 2.45) is 5.92 Å². The molecule has 3 aromatic heterocycles. The van der Waals surface area contributed by atoms with E-state index in [-0.39, 0.29) is 1.43 Å². The Morgan fingerprint density at radius 2 is 2.04 bits per heavy atom. The lowest BCUT2D eigenvalue weighted by molar-refractivity contribution is 0.323. The maximum atomic E-state index is 4.97. The first-order valence-electron chi connectivity index (χ1n) is 9.91. The molecule has 0 amide bonds. The summed E-state index contributed by atoms with van der Waals surface area (Å²) in [5, 5.41) is 12.2. The fraction of sp³-hybridized carbons (Fsp3) is 0.476. The normalized spacial score (nSPS) is 20.5. The Morgan fingerprint density at radius 3 is 2.85 bits per heavy atom. The van der Waals surface area contributed by atoms with Crippen molar-refractivity contribution < 1.29 is 1.43 Å². The van der Waals surface area contributed by atoms with E-state index in [4.69, 9.17) is 4.98 Å². The van der Waals surface area contributed by atoms with Crippen LogP contribution >= 0.6 is 0 Å². The second-order valence-corrected chi connectivity index (χ2v) is 7.86. The Hall–Kier alpha value is -2.47. The molecule has 27 heavy (non-hydrogen) atoms. The molecule has 1 fully saturated rings. The van der Waals surface area contributed by atoms with Crippen molar-refractivity contribution in [1.82, 2.24) is 25.5 Å². The summed E-state index contributed by atoms with van der Waals surface area (Å²) in [6.07, 6.45) is 4.07. The van der Waals surface area contributed by atoms with E-state index in [2.05, 4.69) is 58.3 Å². The molecule has 0 unspecified atom stereocenters. The third kappa shape index (κ3) is 3.81. The van der Waals surface area contributed by atoms with Crippen LogP contribution < -0.4 is 10.2 Å². The SMILES string of the molecule is CC[C@@H]1CN(c2cccc(-c3[nH]nc4ncccc34)n2)C[C@H](CC(C)C)N1.[HH]. The number of aromatic amines is 1. The van der Waals surface area contributed by atoms with Crippen LogP contribution in [0.1, 0.15) is 35.0 Å². The summed E-state index contributed by atoms with van der Waals surface area (Å²) in [4.78, 5) is 11.7. The van der Waals surface area contributed by atoms with Gasteiger partial charge in [0.15, 0.2) is 5.65 Å². The average Bonchev–Trinajstić information content (AvgIpc) is 3.11. The number of nitrogens with one attached hydrogen (secondary N) is 2. The topological polar surface area (TPSA) is 69.7 Å². The van der Waals surface area contributed by atoms with Crippen LogP contribution in [0.15, 0.2) is 36.5 Å². The molecule has 0 aromatic carbocycles. The molecule has 0 saturated carbocycles. The highest BCUT2D eigenvalue weighted by atomic mass is 15.3. The number of piperazine rings is 1. The molecule has 4 rings (SSSR count). The number of hydrogen-bond donors (Lipinski definition) is 2. The molecule has 144 valence electrons. The van der Waals surface area contributed by atoms with Crippen LogP contribution in [0, 0.1) is 5.92 Å². The van der Waals surface area contributed by atoms with Crippen molar-refractivity contribution in [2.75, 3.05) is 18.0 Å². The molecule has 1 aliphatic rings. The summed E-state index contributed by atoms with van der Waals surface area (Å²) in [6, 6.07) is 11.2. The number of anilines is 1. The zero-order valence-electron chi connectivity index (χ0n) is 16.3. The molecule has 3 aromatic rings. The lowest BCUT2D eigenvalue weighted by atomic mass is 9.99. The number of nitrogens with zero attached hydrogens (tertiary/aromatic N) is 4. The van der Waals surface area contributed by atoms with Gasteiger partial charge in [-0.3, -0.25) is 5.10 Å². The largest absolute Gasteiger partial charge is 0.353 e.